The molecule has 0 saturated heterocycles. The van der Waals surface area contributed by atoms with E-state index in [1.54, 1.807) is 24.0 Å². The lowest BCUT2D eigenvalue weighted by Gasteiger charge is -2.05. The van der Waals surface area contributed by atoms with Crippen LogP contribution in [0.5, 0.6) is 0 Å². The first kappa shape index (κ1) is 16.2. The van der Waals surface area contributed by atoms with Crippen molar-refractivity contribution in [1.29, 1.82) is 0 Å². The van der Waals surface area contributed by atoms with Crippen molar-refractivity contribution in [1.82, 2.24) is 20.3 Å². The molecule has 0 spiro atoms. The summed E-state index contributed by atoms with van der Waals surface area (Å²) in [6.45, 7) is 0.415. The Bertz CT molecular complexity index is 1040. The first-order chi connectivity index (χ1) is 12.8. The molecule has 4 aromatic rings. The second-order valence-corrected chi connectivity index (χ2v) is 6.45. The predicted octanol–water partition coefficient (Wildman–Crippen LogP) is 3.76. The molecule has 6 nitrogen and oxygen atoms in total. The largest absolute Gasteiger partial charge is 0.347 e. The molecule has 0 saturated carbocycles. The Balaban J connectivity index is 1.46. The Morgan fingerprint density at radius 1 is 1.08 bits per heavy atom. The number of benzene rings is 1. The van der Waals surface area contributed by atoms with E-state index in [0.717, 1.165) is 22.2 Å². The number of nitrogens with zero attached hydrogens (tertiary/aromatic N) is 3. The number of thiazole rings is 1. The molecule has 7 heteroatoms. The lowest BCUT2D eigenvalue weighted by atomic mass is 10.2. The molecule has 26 heavy (non-hydrogen) atoms. The van der Waals surface area contributed by atoms with Crippen LogP contribution in [0.4, 0.5) is 10.9 Å². The number of anilines is 2. The average Bonchev–Trinajstić information content (AvgIpc) is 3.16. The van der Waals surface area contributed by atoms with Crippen LogP contribution in [0.1, 0.15) is 16.1 Å². The zero-order valence-electron chi connectivity index (χ0n) is 13.7. The van der Waals surface area contributed by atoms with Gasteiger partial charge in [0.05, 0.1) is 0 Å². The maximum absolute atomic E-state index is 12.3. The van der Waals surface area contributed by atoms with E-state index in [-0.39, 0.29) is 5.91 Å². The van der Waals surface area contributed by atoms with Crippen LogP contribution in [0.15, 0.2) is 66.4 Å². The Morgan fingerprint density at radius 3 is 2.88 bits per heavy atom. The highest BCUT2D eigenvalue weighted by Crippen LogP contribution is 2.25. The monoisotopic (exact) mass is 361 g/mol. The minimum atomic E-state index is -0.218. The van der Waals surface area contributed by atoms with Crippen molar-refractivity contribution in [3.05, 3.63) is 77.7 Å². The molecule has 3 heterocycles. The summed E-state index contributed by atoms with van der Waals surface area (Å²) in [6, 6.07) is 13.7. The van der Waals surface area contributed by atoms with Gasteiger partial charge in [-0.25, -0.2) is 9.97 Å². The molecule has 128 valence electrons. The standard InChI is InChI=1S/C19H15N5OS/c25-18(22-11-13-4-3-8-20-10-13)16-12-26-19(23-16)24-17-15-6-2-1-5-14(15)7-9-21-17/h1-10,12H,11H2,(H,22,25)(H,21,23,24). The quantitative estimate of drug-likeness (QED) is 0.566. The van der Waals surface area contributed by atoms with Gasteiger partial charge < -0.3 is 10.6 Å². The molecule has 1 aromatic carbocycles. The summed E-state index contributed by atoms with van der Waals surface area (Å²) in [5.74, 6) is 0.504. The molecule has 0 bridgehead atoms. The Hall–Kier alpha value is -3.32. The molecular formula is C19H15N5OS. The van der Waals surface area contributed by atoms with Crippen molar-refractivity contribution >= 4 is 39.0 Å². The van der Waals surface area contributed by atoms with E-state index in [1.807, 2.05) is 42.5 Å². The first-order valence-corrected chi connectivity index (χ1v) is 8.91. The number of hydrogen-bond acceptors (Lipinski definition) is 6. The smallest absolute Gasteiger partial charge is 0.271 e. The van der Waals surface area contributed by atoms with E-state index in [9.17, 15) is 4.79 Å². The molecule has 0 atom stereocenters. The molecule has 0 unspecified atom stereocenters. The maximum Gasteiger partial charge on any atom is 0.271 e. The molecule has 0 aliphatic carbocycles. The third-order valence-electron chi connectivity index (χ3n) is 3.81. The fraction of sp³-hybridized carbons (Fsp3) is 0.0526. The first-order valence-electron chi connectivity index (χ1n) is 8.03. The van der Waals surface area contributed by atoms with Gasteiger partial charge in [-0.05, 0) is 23.1 Å². The van der Waals surface area contributed by atoms with E-state index in [0.29, 0.717) is 17.4 Å². The topological polar surface area (TPSA) is 79.8 Å². The molecule has 0 radical (unpaired) electrons. The zero-order chi connectivity index (χ0) is 17.8. The van der Waals surface area contributed by atoms with E-state index in [2.05, 4.69) is 25.6 Å². The molecule has 1 amide bonds. The molecular weight excluding hydrogens is 346 g/mol. The van der Waals surface area contributed by atoms with Crippen LogP contribution in [0.3, 0.4) is 0 Å². The number of fused-ring (bicyclic) bond motifs is 1. The Kier molecular flexibility index (Phi) is 4.53. The van der Waals surface area contributed by atoms with Crippen molar-refractivity contribution in [3.8, 4) is 0 Å². The number of pyridine rings is 2. The molecule has 0 fully saturated rings. The van der Waals surface area contributed by atoms with Crippen LogP contribution in [-0.4, -0.2) is 20.9 Å². The van der Waals surface area contributed by atoms with E-state index < -0.39 is 0 Å². The Labute approximate surface area is 154 Å². The summed E-state index contributed by atoms with van der Waals surface area (Å²) in [6.07, 6.45) is 5.17. The zero-order valence-corrected chi connectivity index (χ0v) is 14.5. The van der Waals surface area contributed by atoms with Gasteiger partial charge >= 0.3 is 0 Å². The highest BCUT2D eigenvalue weighted by Gasteiger charge is 2.12. The number of rotatable bonds is 5. The summed E-state index contributed by atoms with van der Waals surface area (Å²) >= 11 is 1.37. The van der Waals surface area contributed by atoms with Crippen LogP contribution >= 0.6 is 11.3 Å². The Morgan fingerprint density at radius 2 is 2.00 bits per heavy atom. The van der Waals surface area contributed by atoms with Gasteiger partial charge in [0.2, 0.25) is 0 Å². The van der Waals surface area contributed by atoms with Crippen molar-refractivity contribution < 1.29 is 4.79 Å². The van der Waals surface area contributed by atoms with Gasteiger partial charge in [-0.3, -0.25) is 9.78 Å². The maximum atomic E-state index is 12.3. The van der Waals surface area contributed by atoms with Gasteiger partial charge in [0.15, 0.2) is 5.13 Å². The number of carbonyl (C=O) groups is 1. The number of aromatic nitrogens is 3. The summed E-state index contributed by atoms with van der Waals surface area (Å²) in [7, 11) is 0. The fourth-order valence-electron chi connectivity index (χ4n) is 2.53. The summed E-state index contributed by atoms with van der Waals surface area (Å²) in [5, 5.41) is 10.5. The van der Waals surface area contributed by atoms with E-state index in [1.165, 1.54) is 11.3 Å². The fourth-order valence-corrected chi connectivity index (χ4v) is 3.22. The second kappa shape index (κ2) is 7.28. The highest BCUT2D eigenvalue weighted by molar-refractivity contribution is 7.14. The third-order valence-corrected chi connectivity index (χ3v) is 4.57. The SMILES string of the molecule is O=C(NCc1cccnc1)c1csc(Nc2nccc3ccccc23)n1. The number of hydrogen-bond donors (Lipinski definition) is 2. The number of amides is 1. The third kappa shape index (κ3) is 3.52. The van der Waals surface area contributed by atoms with E-state index >= 15 is 0 Å². The predicted molar refractivity (Wildman–Crippen MR) is 103 cm³/mol. The minimum absolute atomic E-state index is 0.218. The van der Waals surface area contributed by atoms with Crippen molar-refractivity contribution in [2.75, 3.05) is 5.32 Å². The van der Waals surface area contributed by atoms with Gasteiger partial charge in [0, 0.05) is 35.9 Å². The highest BCUT2D eigenvalue weighted by atomic mass is 32.1. The van der Waals surface area contributed by atoms with Gasteiger partial charge in [-0.1, -0.05) is 30.3 Å². The van der Waals surface area contributed by atoms with Crippen LogP contribution in [-0.2, 0) is 6.54 Å². The van der Waals surface area contributed by atoms with Gasteiger partial charge in [-0.15, -0.1) is 11.3 Å². The van der Waals surface area contributed by atoms with Crippen LogP contribution in [0.25, 0.3) is 10.8 Å². The van der Waals surface area contributed by atoms with E-state index in [4.69, 9.17) is 0 Å². The summed E-state index contributed by atoms with van der Waals surface area (Å²) < 4.78 is 0. The van der Waals surface area contributed by atoms with Crippen molar-refractivity contribution in [2.45, 2.75) is 6.54 Å². The molecule has 0 aliphatic heterocycles. The average molecular weight is 361 g/mol. The molecule has 3 aromatic heterocycles. The molecule has 0 aliphatic rings. The summed E-state index contributed by atoms with van der Waals surface area (Å²) in [4.78, 5) is 25.0. The van der Waals surface area contributed by atoms with Gasteiger partial charge in [0.1, 0.15) is 11.5 Å². The van der Waals surface area contributed by atoms with Crippen LogP contribution in [0, 0.1) is 0 Å². The lowest BCUT2D eigenvalue weighted by Crippen LogP contribution is -2.23. The van der Waals surface area contributed by atoms with Crippen LogP contribution < -0.4 is 10.6 Å². The van der Waals surface area contributed by atoms with Gasteiger partial charge in [0.25, 0.3) is 5.91 Å². The normalized spacial score (nSPS) is 10.6. The van der Waals surface area contributed by atoms with Crippen molar-refractivity contribution in [2.24, 2.45) is 0 Å². The van der Waals surface area contributed by atoms with Crippen LogP contribution in [0.2, 0.25) is 0 Å². The number of nitrogens with one attached hydrogen (secondary N) is 2. The number of carbonyl (C=O) groups excluding carboxylic acids is 1. The van der Waals surface area contributed by atoms with Crippen molar-refractivity contribution in [3.63, 3.8) is 0 Å². The minimum Gasteiger partial charge on any atom is -0.347 e. The molecule has 4 rings (SSSR count). The molecule has 2 N–H and O–H groups in total. The summed E-state index contributed by atoms with van der Waals surface area (Å²) in [5.41, 5.74) is 1.32. The lowest BCUT2D eigenvalue weighted by molar-refractivity contribution is 0.0946. The second-order valence-electron chi connectivity index (χ2n) is 5.59. The van der Waals surface area contributed by atoms with Gasteiger partial charge in [-0.2, -0.15) is 0 Å².